The lowest BCUT2D eigenvalue weighted by molar-refractivity contribution is 0.420. The van der Waals surface area contributed by atoms with Crippen molar-refractivity contribution in [2.24, 2.45) is 5.73 Å². The number of ether oxygens (including phenoxy) is 1. The molecule has 0 aliphatic heterocycles. The number of methoxy groups -OCH3 is 1. The van der Waals surface area contributed by atoms with Gasteiger partial charge in [0.05, 0.1) is 7.11 Å². The van der Waals surface area contributed by atoms with Crippen molar-refractivity contribution < 1.29 is 4.74 Å². The number of hydrogen-bond acceptors (Lipinski definition) is 3. The highest BCUT2D eigenvalue weighted by atomic mass is 32.1. The molecule has 1 aliphatic rings. The van der Waals surface area contributed by atoms with Crippen LogP contribution in [0.1, 0.15) is 29.9 Å². The van der Waals surface area contributed by atoms with E-state index in [4.69, 9.17) is 10.5 Å². The van der Waals surface area contributed by atoms with Gasteiger partial charge in [-0.15, -0.1) is 11.3 Å². The molecule has 0 amide bonds. The zero-order valence-electron chi connectivity index (χ0n) is 10.0. The molecule has 2 aromatic rings. The Kier molecular flexibility index (Phi) is 2.81. The fourth-order valence-corrected chi connectivity index (χ4v) is 3.85. The lowest BCUT2D eigenvalue weighted by Crippen LogP contribution is -2.18. The van der Waals surface area contributed by atoms with E-state index in [9.17, 15) is 0 Å². The first kappa shape index (κ1) is 11.1. The largest absolute Gasteiger partial charge is 0.495 e. The molecule has 1 atom stereocenters. The number of benzene rings is 1. The maximum absolute atomic E-state index is 5.93. The smallest absolute Gasteiger partial charge is 0.137 e. The fraction of sp³-hybridized carbons (Fsp3) is 0.429. The van der Waals surface area contributed by atoms with Crippen LogP contribution in [0.3, 0.4) is 0 Å². The van der Waals surface area contributed by atoms with Crippen molar-refractivity contribution in [1.82, 2.24) is 0 Å². The van der Waals surface area contributed by atoms with Crippen molar-refractivity contribution in [2.75, 3.05) is 13.7 Å². The molecule has 0 saturated heterocycles. The van der Waals surface area contributed by atoms with Crippen LogP contribution >= 0.6 is 11.3 Å². The summed E-state index contributed by atoms with van der Waals surface area (Å²) in [6.45, 7) is 0.741. The van der Waals surface area contributed by atoms with Gasteiger partial charge in [0, 0.05) is 15.5 Å². The summed E-state index contributed by atoms with van der Waals surface area (Å²) in [5, 5.41) is 3.41. The van der Waals surface area contributed by atoms with Crippen molar-refractivity contribution in [3.8, 4) is 5.75 Å². The Morgan fingerprint density at radius 1 is 1.47 bits per heavy atom. The minimum absolute atomic E-state index is 0.506. The summed E-state index contributed by atoms with van der Waals surface area (Å²) in [7, 11) is 1.75. The Hall–Kier alpha value is -1.06. The summed E-state index contributed by atoms with van der Waals surface area (Å²) in [6.07, 6.45) is 3.65. The normalized spacial score (nSPS) is 19.3. The summed E-state index contributed by atoms with van der Waals surface area (Å²) >= 11 is 1.76. The van der Waals surface area contributed by atoms with Crippen LogP contribution in [0.5, 0.6) is 5.75 Å². The van der Waals surface area contributed by atoms with E-state index in [2.05, 4.69) is 17.5 Å². The quantitative estimate of drug-likeness (QED) is 0.883. The van der Waals surface area contributed by atoms with E-state index in [1.807, 2.05) is 0 Å². The molecule has 1 aromatic heterocycles. The maximum Gasteiger partial charge on any atom is 0.137 e. The Labute approximate surface area is 105 Å². The van der Waals surface area contributed by atoms with Gasteiger partial charge in [-0.1, -0.05) is 6.07 Å². The first-order valence-corrected chi connectivity index (χ1v) is 7.00. The Morgan fingerprint density at radius 2 is 2.35 bits per heavy atom. The topological polar surface area (TPSA) is 35.2 Å². The molecular weight excluding hydrogens is 230 g/mol. The van der Waals surface area contributed by atoms with Crippen LogP contribution in [-0.2, 0) is 6.42 Å². The van der Waals surface area contributed by atoms with Crippen molar-refractivity contribution in [3.05, 3.63) is 28.6 Å². The molecule has 0 fully saturated rings. The molecule has 90 valence electrons. The molecule has 0 bridgehead atoms. The number of fused-ring (bicyclic) bond motifs is 3. The summed E-state index contributed by atoms with van der Waals surface area (Å²) in [6, 6.07) is 4.50. The lowest BCUT2D eigenvalue weighted by Gasteiger charge is -2.25. The highest BCUT2D eigenvalue weighted by Crippen LogP contribution is 2.43. The van der Waals surface area contributed by atoms with Crippen molar-refractivity contribution >= 4 is 21.4 Å². The molecule has 0 radical (unpaired) electrons. The molecule has 1 aliphatic carbocycles. The number of hydrogen-bond donors (Lipinski definition) is 1. The first-order valence-electron chi connectivity index (χ1n) is 6.12. The van der Waals surface area contributed by atoms with E-state index in [-0.39, 0.29) is 0 Å². The number of rotatable bonds is 2. The highest BCUT2D eigenvalue weighted by Gasteiger charge is 2.23. The standard InChI is InChI=1S/C14H17NOS/c1-16-11-8-17-12-6-5-9-3-2-4-10(7-15)13(9)14(11)12/h5-6,8,10H,2-4,7,15H2,1H3. The van der Waals surface area contributed by atoms with E-state index in [1.54, 1.807) is 18.4 Å². The molecule has 0 spiro atoms. The van der Waals surface area contributed by atoms with Gasteiger partial charge < -0.3 is 10.5 Å². The van der Waals surface area contributed by atoms with Gasteiger partial charge in [0.2, 0.25) is 0 Å². The van der Waals surface area contributed by atoms with Crippen LogP contribution in [0.15, 0.2) is 17.5 Å². The molecule has 1 heterocycles. The van der Waals surface area contributed by atoms with Crippen molar-refractivity contribution in [3.63, 3.8) is 0 Å². The average Bonchev–Trinajstić information content (AvgIpc) is 2.81. The third-order valence-corrected chi connectivity index (χ3v) is 4.67. The molecule has 2 N–H and O–H groups in total. The maximum atomic E-state index is 5.93. The lowest BCUT2D eigenvalue weighted by atomic mass is 9.81. The second-order valence-electron chi connectivity index (χ2n) is 4.64. The van der Waals surface area contributed by atoms with E-state index in [0.29, 0.717) is 5.92 Å². The van der Waals surface area contributed by atoms with E-state index >= 15 is 0 Å². The van der Waals surface area contributed by atoms with E-state index in [0.717, 1.165) is 12.3 Å². The molecule has 3 rings (SSSR count). The van der Waals surface area contributed by atoms with Gasteiger partial charge in [-0.05, 0) is 48.9 Å². The third kappa shape index (κ3) is 1.65. The van der Waals surface area contributed by atoms with Crippen LogP contribution in [0, 0.1) is 0 Å². The Balaban J connectivity index is 2.30. The second kappa shape index (κ2) is 4.31. The van der Waals surface area contributed by atoms with Gasteiger partial charge in [-0.25, -0.2) is 0 Å². The number of aryl methyl sites for hydroxylation is 1. The third-order valence-electron chi connectivity index (χ3n) is 3.75. The minimum atomic E-state index is 0.506. The molecular formula is C14H17NOS. The zero-order chi connectivity index (χ0) is 11.8. The van der Waals surface area contributed by atoms with E-state index in [1.165, 1.54) is 40.5 Å². The van der Waals surface area contributed by atoms with Gasteiger partial charge in [-0.3, -0.25) is 0 Å². The SMILES string of the molecule is COc1csc2ccc3c(c12)C(CN)CCC3. The summed E-state index contributed by atoms with van der Waals surface area (Å²) in [5.41, 5.74) is 8.85. The van der Waals surface area contributed by atoms with Crippen LogP contribution in [0.2, 0.25) is 0 Å². The van der Waals surface area contributed by atoms with Crippen molar-refractivity contribution in [1.29, 1.82) is 0 Å². The average molecular weight is 247 g/mol. The van der Waals surface area contributed by atoms with Gasteiger partial charge in [-0.2, -0.15) is 0 Å². The summed E-state index contributed by atoms with van der Waals surface area (Å²) in [4.78, 5) is 0. The minimum Gasteiger partial charge on any atom is -0.495 e. The zero-order valence-corrected chi connectivity index (χ0v) is 10.8. The van der Waals surface area contributed by atoms with Crippen LogP contribution < -0.4 is 10.5 Å². The highest BCUT2D eigenvalue weighted by molar-refractivity contribution is 7.17. The fourth-order valence-electron chi connectivity index (χ4n) is 2.92. The van der Waals surface area contributed by atoms with E-state index < -0.39 is 0 Å². The molecule has 0 saturated carbocycles. The number of thiophene rings is 1. The number of nitrogens with two attached hydrogens (primary N) is 1. The predicted molar refractivity (Wildman–Crippen MR) is 73.1 cm³/mol. The van der Waals surface area contributed by atoms with Gasteiger partial charge >= 0.3 is 0 Å². The van der Waals surface area contributed by atoms with Gasteiger partial charge in [0.15, 0.2) is 0 Å². The molecule has 3 heteroatoms. The molecule has 1 unspecified atom stereocenters. The van der Waals surface area contributed by atoms with Crippen LogP contribution in [0.4, 0.5) is 0 Å². The van der Waals surface area contributed by atoms with Crippen molar-refractivity contribution in [2.45, 2.75) is 25.2 Å². The first-order chi connectivity index (χ1) is 8.35. The monoisotopic (exact) mass is 247 g/mol. The molecule has 17 heavy (non-hydrogen) atoms. The van der Waals surface area contributed by atoms with Gasteiger partial charge in [0.25, 0.3) is 0 Å². The summed E-state index contributed by atoms with van der Waals surface area (Å²) in [5.74, 6) is 1.52. The molecule has 1 aromatic carbocycles. The Morgan fingerprint density at radius 3 is 3.12 bits per heavy atom. The van der Waals surface area contributed by atoms with Crippen LogP contribution in [-0.4, -0.2) is 13.7 Å². The second-order valence-corrected chi connectivity index (χ2v) is 5.55. The van der Waals surface area contributed by atoms with Crippen LogP contribution in [0.25, 0.3) is 10.1 Å². The Bertz CT molecular complexity index is 546. The predicted octanol–water partition coefficient (Wildman–Crippen LogP) is 3.29. The summed E-state index contributed by atoms with van der Waals surface area (Å²) < 4.78 is 6.82. The molecule has 2 nitrogen and oxygen atoms in total. The van der Waals surface area contributed by atoms with Gasteiger partial charge in [0.1, 0.15) is 5.75 Å².